The molecule has 52 heavy (non-hydrogen) atoms. The predicted molar refractivity (Wildman–Crippen MR) is 205 cm³/mol. The highest BCUT2D eigenvalue weighted by Crippen LogP contribution is 2.37. The number of amides is 2. The summed E-state index contributed by atoms with van der Waals surface area (Å²) in [4.78, 5) is 70.9. The molecule has 2 aromatic rings. The van der Waals surface area contributed by atoms with Crippen LogP contribution in [0.5, 0.6) is 5.75 Å². The van der Waals surface area contributed by atoms with Gasteiger partial charge < -0.3 is 30.0 Å². The van der Waals surface area contributed by atoms with Gasteiger partial charge in [0.1, 0.15) is 17.5 Å². The lowest BCUT2D eigenvalue weighted by Gasteiger charge is -2.33. The van der Waals surface area contributed by atoms with Crippen LogP contribution in [-0.2, 0) is 23.9 Å². The smallest absolute Gasteiger partial charge is 0.311 e. The SMILES string of the molecule is CCC(C)C(=O)[C@H](C)OC(C)(CC)C(=O)C(C)CC(C)CC(=O)Oc1ccc2c(c1)/C(=C\c1[nH]c(C)c(C(=O)NCCN(CC)CC)c1C)C(=O)N2. The fraction of sp³-hybridized carbons (Fsp3) is 0.585. The predicted octanol–water partition coefficient (Wildman–Crippen LogP) is 6.91. The number of carbonyl (C=O) groups excluding carboxylic acids is 5. The van der Waals surface area contributed by atoms with Crippen molar-refractivity contribution in [3.8, 4) is 5.75 Å². The number of benzene rings is 1. The highest BCUT2D eigenvalue weighted by atomic mass is 16.5. The molecule has 1 aromatic carbocycles. The minimum absolute atomic E-state index is 0.0157. The molecule has 3 rings (SSSR count). The number of H-pyrrole nitrogens is 1. The van der Waals surface area contributed by atoms with Gasteiger partial charge in [-0.15, -0.1) is 0 Å². The summed E-state index contributed by atoms with van der Waals surface area (Å²) in [6, 6.07) is 4.99. The summed E-state index contributed by atoms with van der Waals surface area (Å²) in [7, 11) is 0. The number of aryl methyl sites for hydroxylation is 1. The summed E-state index contributed by atoms with van der Waals surface area (Å²) in [6.45, 7) is 23.8. The Hall–Kier alpha value is -4.09. The van der Waals surface area contributed by atoms with Crippen molar-refractivity contribution in [3.05, 3.63) is 46.3 Å². The van der Waals surface area contributed by atoms with Gasteiger partial charge in [-0.1, -0.05) is 48.5 Å². The number of rotatable bonds is 20. The first-order valence-electron chi connectivity index (χ1n) is 18.8. The first-order chi connectivity index (χ1) is 24.5. The number of esters is 1. The van der Waals surface area contributed by atoms with Crippen LogP contribution in [-0.4, -0.2) is 77.1 Å². The van der Waals surface area contributed by atoms with Crippen molar-refractivity contribution in [1.29, 1.82) is 0 Å². The quantitative estimate of drug-likeness (QED) is 0.0760. The minimum atomic E-state index is -1.11. The number of fused-ring (bicyclic) bond motifs is 1. The van der Waals surface area contributed by atoms with E-state index >= 15 is 0 Å². The Labute approximate surface area is 309 Å². The summed E-state index contributed by atoms with van der Waals surface area (Å²) in [5.41, 5.74) is 3.08. The van der Waals surface area contributed by atoms with E-state index in [-0.39, 0.29) is 41.6 Å². The Morgan fingerprint density at radius 1 is 1.00 bits per heavy atom. The van der Waals surface area contributed by atoms with Gasteiger partial charge in [-0.2, -0.15) is 0 Å². The van der Waals surface area contributed by atoms with Crippen LogP contribution >= 0.6 is 0 Å². The van der Waals surface area contributed by atoms with E-state index < -0.39 is 23.6 Å². The number of hydrogen-bond donors (Lipinski definition) is 3. The van der Waals surface area contributed by atoms with Crippen molar-refractivity contribution >= 4 is 46.7 Å². The molecule has 11 nitrogen and oxygen atoms in total. The van der Waals surface area contributed by atoms with Gasteiger partial charge in [0, 0.05) is 54.0 Å². The minimum Gasteiger partial charge on any atom is -0.426 e. The van der Waals surface area contributed by atoms with Crippen LogP contribution in [0, 0.1) is 31.6 Å². The van der Waals surface area contributed by atoms with Crippen LogP contribution in [0.25, 0.3) is 11.6 Å². The highest BCUT2D eigenvalue weighted by Gasteiger charge is 2.39. The zero-order valence-electron chi connectivity index (χ0n) is 33.1. The molecular formula is C41H60N4O7. The summed E-state index contributed by atoms with van der Waals surface area (Å²) < 4.78 is 11.8. The molecule has 0 aliphatic carbocycles. The number of likely N-dealkylation sites (N-methyl/N-ethyl adjacent to an activating group) is 1. The number of nitrogens with one attached hydrogen (secondary N) is 3. The maximum absolute atomic E-state index is 13.5. The average Bonchev–Trinajstić information content (AvgIpc) is 3.57. The lowest BCUT2D eigenvalue weighted by molar-refractivity contribution is -0.161. The van der Waals surface area contributed by atoms with Crippen LogP contribution in [0.15, 0.2) is 18.2 Å². The molecular weight excluding hydrogens is 660 g/mol. The molecule has 286 valence electrons. The Bertz CT molecular complexity index is 1660. The summed E-state index contributed by atoms with van der Waals surface area (Å²) in [5, 5.41) is 5.87. The van der Waals surface area contributed by atoms with Gasteiger partial charge >= 0.3 is 5.97 Å². The molecule has 1 aliphatic heterocycles. The molecule has 0 bridgehead atoms. The lowest BCUT2D eigenvalue weighted by Crippen LogP contribution is -2.46. The average molecular weight is 721 g/mol. The molecule has 1 aliphatic rings. The summed E-state index contributed by atoms with van der Waals surface area (Å²) >= 11 is 0. The van der Waals surface area contributed by atoms with Crippen molar-refractivity contribution in [1.82, 2.24) is 15.2 Å². The largest absolute Gasteiger partial charge is 0.426 e. The van der Waals surface area contributed by atoms with Gasteiger partial charge in [-0.3, -0.25) is 24.0 Å². The second kappa shape index (κ2) is 18.6. The number of carbonyl (C=O) groups is 5. The number of anilines is 1. The number of ketones is 2. The maximum Gasteiger partial charge on any atom is 0.311 e. The van der Waals surface area contributed by atoms with Crippen LogP contribution in [0.2, 0.25) is 0 Å². The normalized spacial score (nSPS) is 16.8. The first kappa shape index (κ1) is 42.3. The number of nitrogens with zero attached hydrogens (tertiary/aromatic N) is 1. The Morgan fingerprint density at radius 3 is 2.29 bits per heavy atom. The fourth-order valence-corrected chi connectivity index (χ4v) is 6.87. The van der Waals surface area contributed by atoms with Gasteiger partial charge in [0.05, 0.1) is 11.1 Å². The van der Waals surface area contributed by atoms with Gasteiger partial charge in [0.25, 0.3) is 11.8 Å². The zero-order valence-corrected chi connectivity index (χ0v) is 33.1. The Kier molecular flexibility index (Phi) is 15.1. The summed E-state index contributed by atoms with van der Waals surface area (Å²) in [5.74, 6) is -1.45. The highest BCUT2D eigenvalue weighted by molar-refractivity contribution is 6.35. The third-order valence-corrected chi connectivity index (χ3v) is 10.5. The first-order valence-corrected chi connectivity index (χ1v) is 18.8. The van der Waals surface area contributed by atoms with Crippen molar-refractivity contribution in [2.24, 2.45) is 17.8 Å². The number of hydrogen-bond acceptors (Lipinski definition) is 8. The molecule has 0 fully saturated rings. The van der Waals surface area contributed by atoms with Gasteiger partial charge in [-0.25, -0.2) is 0 Å². The van der Waals surface area contributed by atoms with E-state index in [1.54, 1.807) is 38.1 Å². The van der Waals surface area contributed by atoms with E-state index in [2.05, 4.69) is 34.4 Å². The van der Waals surface area contributed by atoms with Gasteiger partial charge in [0.15, 0.2) is 11.6 Å². The fourth-order valence-electron chi connectivity index (χ4n) is 6.87. The van der Waals surface area contributed by atoms with Crippen LogP contribution in [0.1, 0.15) is 121 Å². The van der Waals surface area contributed by atoms with Crippen molar-refractivity contribution in [2.75, 3.05) is 31.5 Å². The molecule has 0 spiro atoms. The maximum atomic E-state index is 13.5. The Morgan fingerprint density at radius 2 is 1.67 bits per heavy atom. The van der Waals surface area contributed by atoms with Crippen LogP contribution in [0.3, 0.4) is 0 Å². The lowest BCUT2D eigenvalue weighted by atomic mass is 9.83. The zero-order chi connectivity index (χ0) is 38.9. The third kappa shape index (κ3) is 10.3. The monoisotopic (exact) mass is 720 g/mol. The van der Waals surface area contributed by atoms with Crippen LogP contribution < -0.4 is 15.4 Å². The molecule has 0 radical (unpaired) electrons. The van der Waals surface area contributed by atoms with Gasteiger partial charge in [0.2, 0.25) is 0 Å². The van der Waals surface area contributed by atoms with Crippen molar-refractivity contribution in [2.45, 2.75) is 114 Å². The Balaban J connectivity index is 1.67. The van der Waals surface area contributed by atoms with Gasteiger partial charge in [-0.05, 0) is 95.8 Å². The number of aromatic nitrogens is 1. The molecule has 2 heterocycles. The van der Waals surface area contributed by atoms with E-state index in [1.807, 2.05) is 48.5 Å². The van der Waals surface area contributed by atoms with Crippen molar-refractivity contribution in [3.63, 3.8) is 0 Å². The molecule has 4 unspecified atom stereocenters. The molecule has 1 aromatic heterocycles. The van der Waals surface area contributed by atoms with Crippen molar-refractivity contribution < 1.29 is 33.4 Å². The molecule has 2 amide bonds. The topological polar surface area (TPSA) is 147 Å². The number of Topliss-reactive ketones (excluding diaryl/α,β-unsaturated/α-hetero) is 2. The van der Waals surface area contributed by atoms with Crippen LogP contribution in [0.4, 0.5) is 5.69 Å². The molecule has 11 heteroatoms. The standard InChI is InChI=1S/C41H60N4O7/c1-12-25(6)37(47)29(10)52-41(11,13-2)38(48)26(7)20-24(5)21-35(46)51-30-16-17-33-31(22-30)32(39(49)44-33)23-34-27(8)36(28(9)43-34)40(50)42-18-19-45(14-3)15-4/h16-17,22-26,29,43H,12-15,18-21H2,1-11H3,(H,42,50)(H,44,49)/b32-23+/t24?,25?,26?,29-,41?/m0/s1. The number of aromatic amines is 1. The molecule has 5 atom stereocenters. The molecule has 0 saturated heterocycles. The number of ether oxygens (including phenoxy) is 2. The summed E-state index contributed by atoms with van der Waals surface area (Å²) in [6.07, 6.45) is 2.69. The second-order valence-electron chi connectivity index (χ2n) is 14.5. The van der Waals surface area contributed by atoms with E-state index in [1.165, 1.54) is 0 Å². The van der Waals surface area contributed by atoms with E-state index in [4.69, 9.17) is 9.47 Å². The molecule has 0 saturated carbocycles. The molecule has 3 N–H and O–H groups in total. The van der Waals surface area contributed by atoms with E-state index in [0.717, 1.165) is 25.2 Å². The second-order valence-corrected chi connectivity index (χ2v) is 14.5. The van der Waals surface area contributed by atoms with E-state index in [0.29, 0.717) is 65.3 Å². The van der Waals surface area contributed by atoms with E-state index in [9.17, 15) is 24.0 Å². The third-order valence-electron chi connectivity index (χ3n) is 10.5.